The van der Waals surface area contributed by atoms with Gasteiger partial charge in [-0.2, -0.15) is 0 Å². The zero-order valence-electron chi connectivity index (χ0n) is 10.7. The Balaban J connectivity index is 2.05. The van der Waals surface area contributed by atoms with E-state index < -0.39 is 0 Å². The summed E-state index contributed by atoms with van der Waals surface area (Å²) in [4.78, 5) is 0. The van der Waals surface area contributed by atoms with Crippen LogP contribution in [0.4, 0.5) is 0 Å². The molecule has 1 heteroatoms. The highest BCUT2D eigenvalue weighted by molar-refractivity contribution is 5.35. The van der Waals surface area contributed by atoms with Crippen LogP contribution in [-0.4, -0.2) is 0 Å². The third kappa shape index (κ3) is 3.24. The molecule has 0 bridgehead atoms. The molecule has 2 rings (SSSR count). The maximum Gasteiger partial charge on any atom is 0.123 e. The Morgan fingerprint density at radius 2 is 1.78 bits per heavy atom. The highest BCUT2D eigenvalue weighted by Gasteiger charge is 2.01. The largest absolute Gasteiger partial charge is 0.489 e. The first-order valence-corrected chi connectivity index (χ1v) is 6.17. The predicted octanol–water partition coefficient (Wildman–Crippen LogP) is 4.30. The number of benzene rings is 2. The molecule has 0 fully saturated rings. The number of allylic oxidation sites excluding steroid dienone is 1. The van der Waals surface area contributed by atoms with Crippen LogP contribution in [0.1, 0.15) is 16.7 Å². The first kappa shape index (κ1) is 12.4. The van der Waals surface area contributed by atoms with Gasteiger partial charge >= 0.3 is 0 Å². The van der Waals surface area contributed by atoms with Crippen molar-refractivity contribution in [3.05, 3.63) is 77.9 Å². The van der Waals surface area contributed by atoms with Gasteiger partial charge in [-0.05, 0) is 30.5 Å². The summed E-state index contributed by atoms with van der Waals surface area (Å²) in [6.45, 7) is 6.46. The molecule has 0 aromatic heterocycles. The molecule has 2 aromatic rings. The van der Waals surface area contributed by atoms with Crippen LogP contribution in [0.2, 0.25) is 0 Å². The molecule has 0 aliphatic carbocycles. The van der Waals surface area contributed by atoms with Crippen LogP contribution in [0.3, 0.4) is 0 Å². The Morgan fingerprint density at radius 1 is 1.06 bits per heavy atom. The van der Waals surface area contributed by atoms with Crippen LogP contribution in [-0.2, 0) is 13.0 Å². The van der Waals surface area contributed by atoms with Crippen molar-refractivity contribution in [2.45, 2.75) is 20.0 Å². The number of hydrogen-bond donors (Lipinski definition) is 0. The summed E-state index contributed by atoms with van der Waals surface area (Å²) >= 11 is 0. The smallest absolute Gasteiger partial charge is 0.123 e. The third-order valence-corrected chi connectivity index (χ3v) is 2.85. The molecule has 2 aromatic carbocycles. The minimum absolute atomic E-state index is 0.606. The van der Waals surface area contributed by atoms with Gasteiger partial charge in [-0.1, -0.05) is 54.1 Å². The van der Waals surface area contributed by atoms with Gasteiger partial charge in [-0.25, -0.2) is 0 Å². The van der Waals surface area contributed by atoms with Crippen LogP contribution < -0.4 is 4.74 Å². The van der Waals surface area contributed by atoms with E-state index in [-0.39, 0.29) is 0 Å². The zero-order chi connectivity index (χ0) is 12.8. The molecule has 0 heterocycles. The Morgan fingerprint density at radius 3 is 2.50 bits per heavy atom. The van der Waals surface area contributed by atoms with Crippen LogP contribution in [0, 0.1) is 6.92 Å². The third-order valence-electron chi connectivity index (χ3n) is 2.85. The second-order valence-electron chi connectivity index (χ2n) is 4.37. The Labute approximate surface area is 109 Å². The summed E-state index contributed by atoms with van der Waals surface area (Å²) in [6.07, 6.45) is 2.73. The predicted molar refractivity (Wildman–Crippen MR) is 75.9 cm³/mol. The number of ether oxygens (including phenoxy) is 1. The fourth-order valence-electron chi connectivity index (χ4n) is 1.81. The molecule has 0 amide bonds. The molecule has 0 spiro atoms. The monoisotopic (exact) mass is 238 g/mol. The zero-order valence-corrected chi connectivity index (χ0v) is 10.7. The lowest BCUT2D eigenvalue weighted by Crippen LogP contribution is -1.98. The standard InChI is InChI=1S/C17H18O/c1-3-6-16-7-4-5-8-17(16)18-13-15-11-9-14(2)10-12-15/h3-5,7-12H,1,6,13H2,2H3. The van der Waals surface area contributed by atoms with Crippen LogP contribution in [0.25, 0.3) is 0 Å². The minimum Gasteiger partial charge on any atom is -0.489 e. The molecule has 0 aliphatic rings. The highest BCUT2D eigenvalue weighted by atomic mass is 16.5. The van der Waals surface area contributed by atoms with Gasteiger partial charge in [-0.3, -0.25) is 0 Å². The van der Waals surface area contributed by atoms with E-state index >= 15 is 0 Å². The van der Waals surface area contributed by atoms with Crippen LogP contribution in [0.5, 0.6) is 5.75 Å². The lowest BCUT2D eigenvalue weighted by atomic mass is 10.1. The van der Waals surface area contributed by atoms with E-state index in [9.17, 15) is 0 Å². The van der Waals surface area contributed by atoms with E-state index in [4.69, 9.17) is 4.74 Å². The molecule has 0 atom stereocenters. The fourth-order valence-corrected chi connectivity index (χ4v) is 1.81. The van der Waals surface area contributed by atoms with E-state index in [2.05, 4.69) is 43.8 Å². The summed E-state index contributed by atoms with van der Waals surface area (Å²) < 4.78 is 5.87. The minimum atomic E-state index is 0.606. The van der Waals surface area contributed by atoms with Crippen molar-refractivity contribution in [1.29, 1.82) is 0 Å². The Kier molecular flexibility index (Phi) is 4.19. The molecule has 92 valence electrons. The van der Waals surface area contributed by atoms with E-state index in [1.54, 1.807) is 0 Å². The van der Waals surface area contributed by atoms with Gasteiger partial charge in [0.2, 0.25) is 0 Å². The van der Waals surface area contributed by atoms with Gasteiger partial charge < -0.3 is 4.74 Å². The molecule has 18 heavy (non-hydrogen) atoms. The van der Waals surface area contributed by atoms with Crippen LogP contribution >= 0.6 is 0 Å². The molecule has 1 nitrogen and oxygen atoms in total. The van der Waals surface area contributed by atoms with Crippen molar-refractivity contribution in [1.82, 2.24) is 0 Å². The molecule has 0 radical (unpaired) electrons. The van der Waals surface area contributed by atoms with Gasteiger partial charge in [0.1, 0.15) is 12.4 Å². The van der Waals surface area contributed by atoms with Crippen molar-refractivity contribution >= 4 is 0 Å². The summed E-state index contributed by atoms with van der Waals surface area (Å²) in [5, 5.41) is 0. The SMILES string of the molecule is C=CCc1ccccc1OCc1ccc(C)cc1. The van der Waals surface area contributed by atoms with Gasteiger partial charge in [0, 0.05) is 0 Å². The number of hydrogen-bond acceptors (Lipinski definition) is 1. The maximum atomic E-state index is 5.87. The van der Waals surface area contributed by atoms with Gasteiger partial charge in [-0.15, -0.1) is 6.58 Å². The van der Waals surface area contributed by atoms with E-state index in [1.807, 2.05) is 24.3 Å². The number of para-hydroxylation sites is 1. The summed E-state index contributed by atoms with van der Waals surface area (Å²) in [6, 6.07) is 16.5. The quantitative estimate of drug-likeness (QED) is 0.705. The molecular formula is C17H18O. The molecule has 0 saturated heterocycles. The molecule has 0 aliphatic heterocycles. The molecular weight excluding hydrogens is 220 g/mol. The van der Waals surface area contributed by atoms with Crippen molar-refractivity contribution < 1.29 is 4.74 Å². The fraction of sp³-hybridized carbons (Fsp3) is 0.176. The second-order valence-corrected chi connectivity index (χ2v) is 4.37. The molecule has 0 saturated carbocycles. The summed E-state index contributed by atoms with van der Waals surface area (Å²) in [5.41, 5.74) is 3.64. The normalized spacial score (nSPS) is 10.1. The van der Waals surface area contributed by atoms with Gasteiger partial charge in [0.25, 0.3) is 0 Å². The van der Waals surface area contributed by atoms with E-state index in [0.29, 0.717) is 6.61 Å². The van der Waals surface area contributed by atoms with Crippen molar-refractivity contribution in [2.24, 2.45) is 0 Å². The Hall–Kier alpha value is -2.02. The highest BCUT2D eigenvalue weighted by Crippen LogP contribution is 2.20. The van der Waals surface area contributed by atoms with Crippen molar-refractivity contribution in [2.75, 3.05) is 0 Å². The van der Waals surface area contributed by atoms with Crippen LogP contribution in [0.15, 0.2) is 61.2 Å². The Bertz CT molecular complexity index is 511. The maximum absolute atomic E-state index is 5.87. The summed E-state index contributed by atoms with van der Waals surface area (Å²) in [5.74, 6) is 0.943. The average molecular weight is 238 g/mol. The molecule has 0 unspecified atom stereocenters. The second kappa shape index (κ2) is 6.06. The lowest BCUT2D eigenvalue weighted by Gasteiger charge is -2.10. The number of aryl methyl sites for hydroxylation is 1. The average Bonchev–Trinajstić information content (AvgIpc) is 2.40. The first-order valence-electron chi connectivity index (χ1n) is 6.17. The van der Waals surface area contributed by atoms with E-state index in [1.165, 1.54) is 16.7 Å². The summed E-state index contributed by atoms with van der Waals surface area (Å²) in [7, 11) is 0. The van der Waals surface area contributed by atoms with Crippen molar-refractivity contribution in [3.63, 3.8) is 0 Å². The first-order chi connectivity index (χ1) is 8.79. The lowest BCUT2D eigenvalue weighted by molar-refractivity contribution is 0.303. The topological polar surface area (TPSA) is 9.23 Å². The van der Waals surface area contributed by atoms with E-state index in [0.717, 1.165) is 12.2 Å². The van der Waals surface area contributed by atoms with Gasteiger partial charge in [0.05, 0.1) is 0 Å². The molecule has 0 N–H and O–H groups in total. The van der Waals surface area contributed by atoms with Crippen molar-refractivity contribution in [3.8, 4) is 5.75 Å². The number of rotatable bonds is 5. The van der Waals surface area contributed by atoms with Gasteiger partial charge in [0.15, 0.2) is 0 Å².